The van der Waals surface area contributed by atoms with E-state index < -0.39 is 0 Å². The molecule has 1 N–H and O–H groups in total. The Morgan fingerprint density at radius 2 is 1.78 bits per heavy atom. The Balaban J connectivity index is 1.77. The molecule has 0 unspecified atom stereocenters. The van der Waals surface area contributed by atoms with Gasteiger partial charge in [-0.15, -0.1) is 11.3 Å². The standard InChI is InChI=1S/C19H24N2OS/c1-12-9-13(2)17(14(3)10-12)16-11-23-19(20-16)21-18(22)15-7-5-4-6-8-15/h9-11,15H,4-8H2,1-3H3,(H,20,21,22). The first-order valence-electron chi connectivity index (χ1n) is 8.39. The second-order valence-corrected chi connectivity index (χ2v) is 7.49. The van der Waals surface area contributed by atoms with Crippen LogP contribution in [0, 0.1) is 26.7 Å². The summed E-state index contributed by atoms with van der Waals surface area (Å²) in [5, 5.41) is 5.78. The summed E-state index contributed by atoms with van der Waals surface area (Å²) in [5.41, 5.74) is 5.88. The molecule has 0 saturated heterocycles. The maximum absolute atomic E-state index is 12.3. The molecule has 0 aliphatic heterocycles. The summed E-state index contributed by atoms with van der Waals surface area (Å²) in [5.74, 6) is 0.307. The predicted octanol–water partition coefficient (Wildman–Crippen LogP) is 5.25. The summed E-state index contributed by atoms with van der Waals surface area (Å²) in [4.78, 5) is 17.0. The molecule has 0 radical (unpaired) electrons. The molecule has 1 heterocycles. The molecule has 0 atom stereocenters. The zero-order valence-electron chi connectivity index (χ0n) is 14.1. The Bertz CT molecular complexity index is 691. The van der Waals surface area contributed by atoms with E-state index in [9.17, 15) is 4.79 Å². The van der Waals surface area contributed by atoms with Crippen molar-refractivity contribution in [3.05, 3.63) is 34.2 Å². The van der Waals surface area contributed by atoms with Gasteiger partial charge in [0.15, 0.2) is 5.13 Å². The van der Waals surface area contributed by atoms with E-state index in [4.69, 9.17) is 0 Å². The SMILES string of the molecule is Cc1cc(C)c(-c2csc(NC(=O)C3CCCCC3)n2)c(C)c1. The number of aryl methyl sites for hydroxylation is 3. The van der Waals surface area contributed by atoms with Crippen LogP contribution in [0.5, 0.6) is 0 Å². The van der Waals surface area contributed by atoms with Gasteiger partial charge >= 0.3 is 0 Å². The molecule has 0 bridgehead atoms. The van der Waals surface area contributed by atoms with Crippen LogP contribution in [0.1, 0.15) is 48.8 Å². The van der Waals surface area contributed by atoms with E-state index in [1.54, 1.807) is 0 Å². The minimum absolute atomic E-state index is 0.142. The molecule has 1 aliphatic rings. The molecule has 3 rings (SSSR count). The van der Waals surface area contributed by atoms with Crippen molar-refractivity contribution in [2.45, 2.75) is 52.9 Å². The highest BCUT2D eigenvalue weighted by atomic mass is 32.1. The van der Waals surface area contributed by atoms with E-state index in [1.165, 1.54) is 52.9 Å². The highest BCUT2D eigenvalue weighted by Crippen LogP contribution is 2.32. The van der Waals surface area contributed by atoms with E-state index >= 15 is 0 Å². The fourth-order valence-electron chi connectivity index (χ4n) is 3.60. The summed E-state index contributed by atoms with van der Waals surface area (Å²) in [6.45, 7) is 6.35. The third-order valence-electron chi connectivity index (χ3n) is 4.64. The average molecular weight is 328 g/mol. The van der Waals surface area contributed by atoms with Crippen molar-refractivity contribution in [2.24, 2.45) is 5.92 Å². The molecule has 23 heavy (non-hydrogen) atoms. The largest absolute Gasteiger partial charge is 0.302 e. The average Bonchev–Trinajstić information content (AvgIpc) is 2.95. The maximum Gasteiger partial charge on any atom is 0.229 e. The van der Waals surface area contributed by atoms with Crippen LogP contribution in [-0.2, 0) is 4.79 Å². The van der Waals surface area contributed by atoms with Crippen molar-refractivity contribution in [2.75, 3.05) is 5.32 Å². The molecule has 4 heteroatoms. The first kappa shape index (κ1) is 16.2. The Morgan fingerprint density at radius 1 is 1.13 bits per heavy atom. The van der Waals surface area contributed by atoms with Crippen molar-refractivity contribution in [1.29, 1.82) is 0 Å². The number of nitrogens with one attached hydrogen (secondary N) is 1. The van der Waals surface area contributed by atoms with Crippen molar-refractivity contribution < 1.29 is 4.79 Å². The first-order chi connectivity index (χ1) is 11.0. The molecule has 1 saturated carbocycles. The number of benzene rings is 1. The van der Waals surface area contributed by atoms with Crippen LogP contribution in [0.4, 0.5) is 5.13 Å². The number of carbonyl (C=O) groups is 1. The van der Waals surface area contributed by atoms with Gasteiger partial charge in [-0.3, -0.25) is 4.79 Å². The number of hydrogen-bond donors (Lipinski definition) is 1. The van der Waals surface area contributed by atoms with E-state index in [0.29, 0.717) is 0 Å². The molecule has 1 aromatic heterocycles. The van der Waals surface area contributed by atoms with Crippen LogP contribution in [0.3, 0.4) is 0 Å². The fourth-order valence-corrected chi connectivity index (χ4v) is 4.31. The minimum atomic E-state index is 0.142. The van der Waals surface area contributed by atoms with Crippen LogP contribution in [-0.4, -0.2) is 10.9 Å². The number of nitrogens with zero attached hydrogens (tertiary/aromatic N) is 1. The second-order valence-electron chi connectivity index (χ2n) is 6.64. The number of thiazole rings is 1. The molecule has 122 valence electrons. The van der Waals surface area contributed by atoms with Crippen molar-refractivity contribution in [3.8, 4) is 11.3 Å². The Kier molecular flexibility index (Phi) is 4.81. The maximum atomic E-state index is 12.3. The summed E-state index contributed by atoms with van der Waals surface area (Å²) < 4.78 is 0. The lowest BCUT2D eigenvalue weighted by Crippen LogP contribution is -2.24. The minimum Gasteiger partial charge on any atom is -0.302 e. The third kappa shape index (κ3) is 3.63. The molecule has 3 nitrogen and oxygen atoms in total. The highest BCUT2D eigenvalue weighted by Gasteiger charge is 2.22. The fraction of sp³-hybridized carbons (Fsp3) is 0.474. The summed E-state index contributed by atoms with van der Waals surface area (Å²) in [6, 6.07) is 4.37. The van der Waals surface area contributed by atoms with Crippen molar-refractivity contribution in [1.82, 2.24) is 4.98 Å². The lowest BCUT2D eigenvalue weighted by molar-refractivity contribution is -0.120. The zero-order chi connectivity index (χ0) is 16.4. The number of rotatable bonds is 3. The van der Waals surface area contributed by atoms with Crippen LogP contribution in [0.25, 0.3) is 11.3 Å². The number of aromatic nitrogens is 1. The van der Waals surface area contributed by atoms with E-state index in [1.807, 2.05) is 5.38 Å². The van der Waals surface area contributed by atoms with Gasteiger partial charge in [-0.25, -0.2) is 4.98 Å². The molecule has 1 aliphatic carbocycles. The number of amides is 1. The van der Waals surface area contributed by atoms with Gasteiger partial charge in [0, 0.05) is 16.9 Å². The van der Waals surface area contributed by atoms with E-state index in [0.717, 1.165) is 23.7 Å². The van der Waals surface area contributed by atoms with E-state index in [2.05, 4.69) is 43.2 Å². The van der Waals surface area contributed by atoms with Crippen molar-refractivity contribution in [3.63, 3.8) is 0 Å². The third-order valence-corrected chi connectivity index (χ3v) is 5.40. The molecule has 2 aromatic rings. The van der Waals surface area contributed by atoms with Crippen LogP contribution < -0.4 is 5.32 Å². The van der Waals surface area contributed by atoms with Crippen LogP contribution in [0.15, 0.2) is 17.5 Å². The Labute approximate surface area is 142 Å². The van der Waals surface area contributed by atoms with Gasteiger partial charge in [-0.2, -0.15) is 0 Å². The number of anilines is 1. The second kappa shape index (κ2) is 6.83. The smallest absolute Gasteiger partial charge is 0.229 e. The lowest BCUT2D eigenvalue weighted by atomic mass is 9.89. The van der Waals surface area contributed by atoms with Gasteiger partial charge in [0.25, 0.3) is 0 Å². The topological polar surface area (TPSA) is 42.0 Å². The Hall–Kier alpha value is -1.68. The molecule has 0 spiro atoms. The highest BCUT2D eigenvalue weighted by molar-refractivity contribution is 7.14. The van der Waals surface area contributed by atoms with Gasteiger partial charge < -0.3 is 5.32 Å². The molecule has 1 amide bonds. The van der Waals surface area contributed by atoms with Crippen LogP contribution >= 0.6 is 11.3 Å². The lowest BCUT2D eigenvalue weighted by Gasteiger charge is -2.19. The number of carbonyl (C=O) groups excluding carboxylic acids is 1. The normalized spacial score (nSPS) is 15.6. The molecule has 1 aromatic carbocycles. The summed E-state index contributed by atoms with van der Waals surface area (Å²) in [6.07, 6.45) is 5.63. The van der Waals surface area contributed by atoms with Gasteiger partial charge in [0.05, 0.1) is 5.69 Å². The number of hydrogen-bond acceptors (Lipinski definition) is 3. The Morgan fingerprint density at radius 3 is 2.43 bits per heavy atom. The predicted molar refractivity (Wildman–Crippen MR) is 97.0 cm³/mol. The quantitative estimate of drug-likeness (QED) is 0.835. The molecular formula is C19H24N2OS. The van der Waals surface area contributed by atoms with Gasteiger partial charge in [-0.1, -0.05) is 37.0 Å². The van der Waals surface area contributed by atoms with Gasteiger partial charge in [0.2, 0.25) is 5.91 Å². The van der Waals surface area contributed by atoms with E-state index in [-0.39, 0.29) is 11.8 Å². The van der Waals surface area contributed by atoms with Crippen LogP contribution in [0.2, 0.25) is 0 Å². The van der Waals surface area contributed by atoms with Gasteiger partial charge in [0.1, 0.15) is 0 Å². The zero-order valence-corrected chi connectivity index (χ0v) is 14.9. The summed E-state index contributed by atoms with van der Waals surface area (Å²) >= 11 is 1.52. The molecular weight excluding hydrogens is 304 g/mol. The van der Waals surface area contributed by atoms with Crippen molar-refractivity contribution >= 4 is 22.4 Å². The first-order valence-corrected chi connectivity index (χ1v) is 9.27. The molecule has 1 fully saturated rings. The monoisotopic (exact) mass is 328 g/mol. The summed E-state index contributed by atoms with van der Waals surface area (Å²) in [7, 11) is 0. The van der Waals surface area contributed by atoms with Gasteiger partial charge in [-0.05, 0) is 44.7 Å².